The van der Waals surface area contributed by atoms with Crippen molar-refractivity contribution < 1.29 is 0 Å². The first-order valence-electron chi connectivity index (χ1n) is 9.37. The van der Waals surface area contributed by atoms with E-state index >= 15 is 0 Å². The number of thiazole rings is 1. The Balaban J connectivity index is 1.30. The summed E-state index contributed by atoms with van der Waals surface area (Å²) in [6.07, 6.45) is 4.25. The molecule has 0 radical (unpaired) electrons. The number of nitrogens with zero attached hydrogens (tertiary/aromatic N) is 2. The fraction of sp³-hybridized carbons (Fsp3) is 0.650. The van der Waals surface area contributed by atoms with Crippen molar-refractivity contribution in [1.82, 2.24) is 15.2 Å². The number of piperidine rings is 1. The van der Waals surface area contributed by atoms with E-state index in [2.05, 4.69) is 47.4 Å². The van der Waals surface area contributed by atoms with Crippen molar-refractivity contribution in [3.63, 3.8) is 0 Å². The second-order valence-corrected chi connectivity index (χ2v) is 9.64. The average molecular weight is 342 g/mol. The molecule has 5 rings (SSSR count). The Morgan fingerprint density at radius 3 is 2.92 bits per heavy atom. The van der Waals surface area contributed by atoms with Crippen LogP contribution in [0.2, 0.25) is 0 Å². The summed E-state index contributed by atoms with van der Waals surface area (Å²) < 4.78 is 1.30. The lowest BCUT2D eigenvalue weighted by atomic mass is 9.52. The molecule has 1 N–H and O–H groups in total. The fourth-order valence-corrected chi connectivity index (χ4v) is 6.44. The van der Waals surface area contributed by atoms with Crippen molar-refractivity contribution in [3.05, 3.63) is 29.3 Å². The van der Waals surface area contributed by atoms with Crippen molar-refractivity contribution in [3.8, 4) is 0 Å². The van der Waals surface area contributed by atoms with Crippen LogP contribution in [0.4, 0.5) is 0 Å². The summed E-state index contributed by atoms with van der Waals surface area (Å²) in [5.41, 5.74) is 5.26. The van der Waals surface area contributed by atoms with Crippen molar-refractivity contribution in [2.75, 3.05) is 26.7 Å². The molecule has 3 aliphatic rings. The van der Waals surface area contributed by atoms with E-state index in [0.29, 0.717) is 11.5 Å². The maximum Gasteiger partial charge on any atom is 0.0815 e. The van der Waals surface area contributed by atoms with Gasteiger partial charge in [0, 0.05) is 19.1 Å². The molecule has 1 spiro atoms. The van der Waals surface area contributed by atoms with Crippen molar-refractivity contribution in [1.29, 1.82) is 0 Å². The Morgan fingerprint density at radius 2 is 2.12 bits per heavy atom. The van der Waals surface area contributed by atoms with Crippen molar-refractivity contribution in [2.45, 2.75) is 32.2 Å². The molecule has 0 amide bonds. The number of benzene rings is 1. The Kier molecular flexibility index (Phi) is 3.52. The molecule has 1 saturated carbocycles. The second kappa shape index (κ2) is 5.52. The maximum atomic E-state index is 4.50. The lowest BCUT2D eigenvalue weighted by molar-refractivity contribution is -0.110. The molecule has 2 aromatic rings. The van der Waals surface area contributed by atoms with Crippen molar-refractivity contribution >= 4 is 21.6 Å². The number of nitrogens with one attached hydrogen (secondary N) is 1. The van der Waals surface area contributed by atoms with Crippen LogP contribution in [0.1, 0.15) is 37.8 Å². The third-order valence-electron chi connectivity index (χ3n) is 6.89. The van der Waals surface area contributed by atoms with Crippen LogP contribution in [0.25, 0.3) is 10.2 Å². The van der Waals surface area contributed by atoms with Gasteiger partial charge >= 0.3 is 0 Å². The molecular formula is C20H27N3S. The largest absolute Gasteiger partial charge is 0.310 e. The lowest BCUT2D eigenvalue weighted by Gasteiger charge is -2.61. The van der Waals surface area contributed by atoms with Crippen LogP contribution in [-0.2, 0) is 0 Å². The fourth-order valence-electron chi connectivity index (χ4n) is 5.78. The van der Waals surface area contributed by atoms with Gasteiger partial charge < -0.3 is 10.2 Å². The topological polar surface area (TPSA) is 28.2 Å². The van der Waals surface area contributed by atoms with Gasteiger partial charge in [0.25, 0.3) is 0 Å². The molecule has 3 fully saturated rings. The van der Waals surface area contributed by atoms with Gasteiger partial charge in [0.2, 0.25) is 0 Å². The highest BCUT2D eigenvalue weighted by molar-refractivity contribution is 7.16. The monoisotopic (exact) mass is 341 g/mol. The number of rotatable bonds is 2. The van der Waals surface area contributed by atoms with Crippen LogP contribution in [0.15, 0.2) is 23.7 Å². The third kappa shape index (κ3) is 2.42. The zero-order valence-electron chi connectivity index (χ0n) is 14.7. The van der Waals surface area contributed by atoms with Gasteiger partial charge in [-0.25, -0.2) is 4.98 Å². The highest BCUT2D eigenvalue weighted by atomic mass is 32.1. The number of likely N-dealkylation sites (tertiary alicyclic amines) is 1. The van der Waals surface area contributed by atoms with Crippen LogP contribution in [0.3, 0.4) is 0 Å². The first kappa shape index (κ1) is 15.3. The molecular weight excluding hydrogens is 314 g/mol. The van der Waals surface area contributed by atoms with Gasteiger partial charge in [-0.15, -0.1) is 11.3 Å². The Bertz CT molecular complexity index is 740. The number of hydrogen-bond acceptors (Lipinski definition) is 4. The number of hydrogen-bond donors (Lipinski definition) is 1. The first-order valence-corrected chi connectivity index (χ1v) is 10.2. The van der Waals surface area contributed by atoms with Crippen LogP contribution >= 0.6 is 11.3 Å². The predicted octanol–water partition coefficient (Wildman–Crippen LogP) is 3.92. The molecule has 3 heterocycles. The predicted molar refractivity (Wildman–Crippen MR) is 100 cm³/mol. The van der Waals surface area contributed by atoms with E-state index in [1.54, 1.807) is 11.3 Å². The molecule has 0 bridgehead atoms. The Morgan fingerprint density at radius 1 is 1.29 bits per heavy atom. The smallest absolute Gasteiger partial charge is 0.0815 e. The summed E-state index contributed by atoms with van der Waals surface area (Å²) in [6.45, 7) is 6.29. The number of fused-ring (bicyclic) bond motifs is 1. The Labute approximate surface area is 148 Å². The Hall–Kier alpha value is -0.970. The minimum atomic E-state index is 0.512. The molecule has 128 valence electrons. The van der Waals surface area contributed by atoms with E-state index in [1.807, 2.05) is 5.51 Å². The average Bonchev–Trinajstić information content (AvgIpc) is 2.98. The van der Waals surface area contributed by atoms with Crippen LogP contribution in [-0.4, -0.2) is 36.6 Å². The molecule has 2 aliphatic heterocycles. The quantitative estimate of drug-likeness (QED) is 0.897. The zero-order chi connectivity index (χ0) is 16.3. The normalized spacial score (nSPS) is 33.5. The van der Waals surface area contributed by atoms with Gasteiger partial charge in [-0.05, 0) is 73.7 Å². The molecule has 24 heavy (non-hydrogen) atoms. The molecule has 1 aromatic carbocycles. The third-order valence-corrected chi connectivity index (χ3v) is 7.70. The maximum absolute atomic E-state index is 4.50. The van der Waals surface area contributed by atoms with Gasteiger partial charge in [0.05, 0.1) is 15.7 Å². The van der Waals surface area contributed by atoms with E-state index in [0.717, 1.165) is 29.8 Å². The summed E-state index contributed by atoms with van der Waals surface area (Å²) in [5.74, 6) is 2.66. The van der Waals surface area contributed by atoms with Crippen LogP contribution < -0.4 is 5.32 Å². The molecule has 3 atom stereocenters. The molecule has 2 saturated heterocycles. The highest BCUT2D eigenvalue weighted by Gasteiger charge is 2.53. The second-order valence-electron chi connectivity index (χ2n) is 8.76. The highest BCUT2D eigenvalue weighted by Crippen LogP contribution is 2.56. The molecule has 1 unspecified atom stereocenters. The molecule has 1 aliphatic carbocycles. The van der Waals surface area contributed by atoms with Gasteiger partial charge in [0.1, 0.15) is 0 Å². The van der Waals surface area contributed by atoms with Gasteiger partial charge in [-0.1, -0.05) is 13.0 Å². The van der Waals surface area contributed by atoms with E-state index in [-0.39, 0.29) is 0 Å². The first-order chi connectivity index (χ1) is 11.6. The van der Waals surface area contributed by atoms with Crippen LogP contribution in [0, 0.1) is 23.2 Å². The van der Waals surface area contributed by atoms with Crippen molar-refractivity contribution in [2.24, 2.45) is 23.2 Å². The van der Waals surface area contributed by atoms with E-state index in [4.69, 9.17) is 0 Å². The summed E-state index contributed by atoms with van der Waals surface area (Å²) in [4.78, 5) is 6.98. The summed E-state index contributed by atoms with van der Waals surface area (Å²) >= 11 is 1.73. The number of aromatic nitrogens is 1. The van der Waals surface area contributed by atoms with Gasteiger partial charge in [-0.3, -0.25) is 0 Å². The molecule has 4 heteroatoms. The summed E-state index contributed by atoms with van der Waals surface area (Å²) in [6, 6.07) is 7.38. The minimum absolute atomic E-state index is 0.512. The molecule has 3 nitrogen and oxygen atoms in total. The van der Waals surface area contributed by atoms with Gasteiger partial charge in [0.15, 0.2) is 0 Å². The standard InChI is InChI=1S/C20H27N3S/c1-13-9-21-17(14-3-4-19-18(5-14)22-12-24-19)6-16(13)15-7-20(8-15)10-23(2)11-20/h3-5,12-13,15-17,21H,6-11H2,1-2H3/t13-,16?,17-/m1/s1. The molecule has 1 aromatic heterocycles. The summed E-state index contributed by atoms with van der Waals surface area (Å²) in [5, 5.41) is 3.80. The van der Waals surface area contributed by atoms with E-state index in [1.165, 1.54) is 42.6 Å². The summed E-state index contributed by atoms with van der Waals surface area (Å²) in [7, 11) is 2.26. The van der Waals surface area contributed by atoms with Gasteiger partial charge in [-0.2, -0.15) is 0 Å². The van der Waals surface area contributed by atoms with E-state index < -0.39 is 0 Å². The SMILES string of the molecule is C[C@@H]1CN[C@@H](c2ccc3scnc3c2)CC1C1CC2(C1)CN(C)C2. The lowest BCUT2D eigenvalue weighted by Crippen LogP contribution is -2.62. The van der Waals surface area contributed by atoms with Crippen LogP contribution in [0.5, 0.6) is 0 Å². The zero-order valence-corrected chi connectivity index (χ0v) is 15.5. The minimum Gasteiger partial charge on any atom is -0.310 e. The van der Waals surface area contributed by atoms with E-state index in [9.17, 15) is 0 Å².